The fraction of sp³-hybridized carbons (Fsp3) is 0.976. The maximum Gasteiger partial charge on any atom is 0.126 e. The van der Waals surface area contributed by atoms with Gasteiger partial charge in [0, 0.05) is 6.61 Å². The molecule has 0 aliphatic rings. The number of aliphatic hydroxyl groups is 1. The van der Waals surface area contributed by atoms with Gasteiger partial charge in [0.05, 0.1) is 0 Å². The number of ketones is 1. The van der Waals surface area contributed by atoms with Gasteiger partial charge in [0.1, 0.15) is 5.78 Å². The van der Waals surface area contributed by atoms with E-state index in [0.29, 0.717) is 6.61 Å². The van der Waals surface area contributed by atoms with Crippen molar-refractivity contribution in [3.63, 3.8) is 0 Å². The van der Waals surface area contributed by atoms with E-state index >= 15 is 0 Å². The van der Waals surface area contributed by atoms with Crippen LogP contribution >= 0.6 is 0 Å². The molecule has 0 aliphatic heterocycles. The molecule has 0 saturated carbocycles. The molecule has 1 N–H and O–H groups in total. The normalized spacial score (nSPS) is 7.41. The Labute approximate surface area is 289 Å². The first-order valence-corrected chi connectivity index (χ1v) is 20.0. The Balaban J connectivity index is -0.0000000302. The second-order valence-corrected chi connectivity index (χ2v) is 10.6. The number of carbonyl (C=O) groups excluding carboxylic acids is 1. The van der Waals surface area contributed by atoms with Crippen LogP contribution in [0, 0.1) is 0 Å². The molecule has 0 saturated heterocycles. The Morgan fingerprint density at radius 1 is 0.273 bits per heavy atom. The minimum atomic E-state index is 0.167. The smallest absolute Gasteiger partial charge is 0.126 e. The molecule has 0 aromatic rings. The summed E-state index contributed by atoms with van der Waals surface area (Å²) >= 11 is 0. The summed E-state index contributed by atoms with van der Waals surface area (Å²) in [6.45, 7) is 44.6. The summed E-state index contributed by atoms with van der Waals surface area (Å²) in [5.74, 6) is 0.167. The number of hydrogen-bond donors (Lipinski definition) is 1. The topological polar surface area (TPSA) is 37.3 Å². The van der Waals surface area contributed by atoms with Crippen LogP contribution in [-0.4, -0.2) is 17.5 Å². The molecule has 0 aromatic heterocycles. The number of rotatable bonds is 10. The zero-order chi connectivity index (χ0) is 37.7. The predicted molar refractivity (Wildman–Crippen MR) is 219 cm³/mol. The Kier molecular flexibility index (Phi) is 244. The van der Waals surface area contributed by atoms with Crippen LogP contribution in [0.5, 0.6) is 0 Å². The second-order valence-electron chi connectivity index (χ2n) is 10.6. The molecule has 0 spiro atoms. The van der Waals surface area contributed by atoms with Crippen molar-refractivity contribution in [1.29, 1.82) is 0 Å². The van der Waals surface area contributed by atoms with Crippen molar-refractivity contribution in [1.82, 2.24) is 0 Å². The average Bonchev–Trinajstić information content (AvgIpc) is 3.08. The van der Waals surface area contributed by atoms with Gasteiger partial charge in [-0.3, -0.25) is 0 Å². The van der Waals surface area contributed by atoms with E-state index in [0.717, 1.165) is 6.42 Å². The number of aliphatic hydroxyl groups excluding tert-OH is 1. The van der Waals surface area contributed by atoms with Crippen LogP contribution in [0.4, 0.5) is 0 Å². The summed E-state index contributed by atoms with van der Waals surface area (Å²) in [5.41, 5.74) is 0. The van der Waals surface area contributed by atoms with E-state index in [1.165, 1.54) is 129 Å². The van der Waals surface area contributed by atoms with Crippen molar-refractivity contribution in [3.8, 4) is 0 Å². The first kappa shape index (κ1) is 74.5. The number of hydrogen-bond acceptors (Lipinski definition) is 2. The molecule has 2 heteroatoms. The molecule has 0 aliphatic carbocycles. The zero-order valence-electron chi connectivity index (χ0n) is 36.5. The first-order valence-electron chi connectivity index (χ1n) is 20.0. The van der Waals surface area contributed by atoms with Crippen molar-refractivity contribution in [3.05, 3.63) is 0 Å². The lowest BCUT2D eigenvalue weighted by molar-refractivity contribution is -0.115. The molecule has 0 amide bonds. The molecule has 0 unspecified atom stereocenters. The molecule has 0 bridgehead atoms. The van der Waals surface area contributed by atoms with Crippen molar-refractivity contribution in [2.75, 3.05) is 6.61 Å². The van der Waals surface area contributed by atoms with E-state index in [9.17, 15) is 4.79 Å². The van der Waals surface area contributed by atoms with Crippen molar-refractivity contribution < 1.29 is 9.90 Å². The Morgan fingerprint density at radius 3 is 0.318 bits per heavy atom. The third-order valence-electron chi connectivity index (χ3n) is 4.72. The molecule has 2 nitrogen and oxygen atoms in total. The fourth-order valence-corrected chi connectivity index (χ4v) is 0. The van der Waals surface area contributed by atoms with Gasteiger partial charge in [-0.2, -0.15) is 0 Å². The van der Waals surface area contributed by atoms with Crippen LogP contribution in [-0.2, 0) is 4.79 Å². The van der Waals surface area contributed by atoms with E-state index < -0.39 is 0 Å². The fourth-order valence-electron chi connectivity index (χ4n) is 0. The van der Waals surface area contributed by atoms with Crippen LogP contribution in [0.3, 0.4) is 0 Å². The standard InChI is InChI=1S/9C4H10.C3H6O.C3H8O/c9*1-3-4-2;1-3(2)4;1-2-3-4/h9*3-4H2,1-2H3;1-2H3;4H,2-3H2,1H3. The predicted octanol–water partition coefficient (Wildman–Crippen LogP) is 17.2. The Hall–Kier alpha value is -0.370. The zero-order valence-corrected chi connectivity index (χ0v) is 36.5. The summed E-state index contributed by atoms with van der Waals surface area (Å²) < 4.78 is 0. The van der Waals surface area contributed by atoms with E-state index in [4.69, 9.17) is 5.11 Å². The van der Waals surface area contributed by atoms with Crippen LogP contribution in [0.2, 0.25) is 0 Å². The SMILES string of the molecule is CC(C)=O.CCCC.CCCC.CCCC.CCCC.CCCC.CCCC.CCCC.CCCC.CCCC.CCCO. The summed E-state index contributed by atoms with van der Waals surface area (Å²) in [6, 6.07) is 0. The summed E-state index contributed by atoms with van der Waals surface area (Å²) in [5, 5.41) is 7.88. The van der Waals surface area contributed by atoms with Gasteiger partial charge in [0.15, 0.2) is 0 Å². The maximum absolute atomic E-state index is 9.44. The average molecular weight is 641 g/mol. The van der Waals surface area contributed by atoms with Gasteiger partial charge in [0.25, 0.3) is 0 Å². The highest BCUT2D eigenvalue weighted by molar-refractivity contribution is 5.72. The lowest BCUT2D eigenvalue weighted by Gasteiger charge is -1.69. The van der Waals surface area contributed by atoms with Gasteiger partial charge >= 0.3 is 0 Å². The molecule has 44 heavy (non-hydrogen) atoms. The van der Waals surface area contributed by atoms with Gasteiger partial charge < -0.3 is 9.90 Å². The highest BCUT2D eigenvalue weighted by atomic mass is 16.2. The van der Waals surface area contributed by atoms with E-state index in [1.54, 1.807) is 0 Å². The summed E-state index contributed by atoms with van der Waals surface area (Å²) in [6.07, 6.45) is 24.6. The van der Waals surface area contributed by atoms with E-state index in [-0.39, 0.29) is 5.78 Å². The number of unbranched alkanes of at least 4 members (excludes halogenated alkanes) is 9. The molecule has 0 atom stereocenters. The number of carbonyl (C=O) groups is 1. The molecule has 284 valence electrons. The van der Waals surface area contributed by atoms with E-state index in [2.05, 4.69) is 125 Å². The van der Waals surface area contributed by atoms with Gasteiger partial charge in [0.2, 0.25) is 0 Å². The largest absolute Gasteiger partial charge is 0.396 e. The van der Waals surface area contributed by atoms with Gasteiger partial charge in [-0.15, -0.1) is 0 Å². The third-order valence-corrected chi connectivity index (χ3v) is 4.72. The molecule has 0 rings (SSSR count). The van der Waals surface area contributed by atoms with Crippen LogP contribution in [0.25, 0.3) is 0 Å². The highest BCUT2D eigenvalue weighted by Crippen LogP contribution is 1.79. The van der Waals surface area contributed by atoms with Crippen molar-refractivity contribution in [2.24, 2.45) is 0 Å². The van der Waals surface area contributed by atoms with Crippen LogP contribution < -0.4 is 0 Å². The lowest BCUT2D eigenvalue weighted by Crippen LogP contribution is -1.69. The van der Waals surface area contributed by atoms with Gasteiger partial charge in [-0.25, -0.2) is 0 Å². The number of Topliss-reactive ketones (excluding diaryl/α,β-unsaturated/α-hetero) is 1. The quantitative estimate of drug-likeness (QED) is 0.258. The summed E-state index contributed by atoms with van der Waals surface area (Å²) in [7, 11) is 0. The Bertz CT molecular complexity index is 162. The highest BCUT2D eigenvalue weighted by Gasteiger charge is 1.62. The lowest BCUT2D eigenvalue weighted by atomic mass is 10.4. The third kappa shape index (κ3) is 741. The van der Waals surface area contributed by atoms with Crippen molar-refractivity contribution in [2.45, 2.75) is 267 Å². The van der Waals surface area contributed by atoms with Crippen LogP contribution in [0.1, 0.15) is 267 Å². The van der Waals surface area contributed by atoms with E-state index in [1.807, 2.05) is 6.92 Å². The minimum Gasteiger partial charge on any atom is -0.396 e. The van der Waals surface area contributed by atoms with Crippen molar-refractivity contribution >= 4 is 5.78 Å². The molecule has 0 radical (unpaired) electrons. The molecular weight excluding hydrogens is 536 g/mol. The van der Waals surface area contributed by atoms with Gasteiger partial charge in [-0.05, 0) is 20.3 Å². The monoisotopic (exact) mass is 641 g/mol. The molecule has 0 aromatic carbocycles. The van der Waals surface area contributed by atoms with Crippen LogP contribution in [0.15, 0.2) is 0 Å². The Morgan fingerprint density at radius 2 is 0.318 bits per heavy atom. The molecular formula is C42H104O2. The second kappa shape index (κ2) is 144. The molecule has 0 heterocycles. The summed E-state index contributed by atoms with van der Waals surface area (Å²) in [4.78, 5) is 9.44. The maximum atomic E-state index is 9.44. The molecule has 0 fully saturated rings. The minimum absolute atomic E-state index is 0.167. The first-order chi connectivity index (χ1) is 20.9. The van der Waals surface area contributed by atoms with Gasteiger partial charge in [-0.1, -0.05) is 247 Å².